The summed E-state index contributed by atoms with van der Waals surface area (Å²) < 4.78 is 52.3. The third kappa shape index (κ3) is 7.01. The lowest BCUT2D eigenvalue weighted by molar-refractivity contribution is -0.274. The standard InChI is InChI=1S/C29H32F3N5O5/c1-18-13-20(25-33-23(34-42-25)17-35-9-11-36(12-10-35)27(39)41-28(2,3)4)14-21-16-37(26(38)24(18)21)15-19-5-7-22(8-6-19)40-29(30,31)32/h5-8,13-14H,9-12,15-17H2,1-4H3. The number of rotatable bonds is 6. The number of benzene rings is 2. The Balaban J connectivity index is 1.20. The molecule has 5 rings (SSSR count). The molecule has 13 heteroatoms. The van der Waals surface area contributed by atoms with E-state index in [4.69, 9.17) is 9.26 Å². The number of halogens is 3. The number of alkyl halides is 3. The molecule has 0 aliphatic carbocycles. The number of ether oxygens (including phenoxy) is 2. The zero-order valence-corrected chi connectivity index (χ0v) is 23.8. The summed E-state index contributed by atoms with van der Waals surface area (Å²) in [5.74, 6) is 0.394. The van der Waals surface area contributed by atoms with Gasteiger partial charge in [0.25, 0.3) is 11.8 Å². The number of carbonyl (C=O) groups excluding carboxylic acids is 2. The largest absolute Gasteiger partial charge is 0.573 e. The Labute approximate surface area is 241 Å². The predicted octanol–water partition coefficient (Wildman–Crippen LogP) is 5.15. The maximum absolute atomic E-state index is 13.1. The van der Waals surface area contributed by atoms with E-state index >= 15 is 0 Å². The van der Waals surface area contributed by atoms with Crippen LogP contribution in [0.25, 0.3) is 11.5 Å². The van der Waals surface area contributed by atoms with E-state index in [0.29, 0.717) is 67.7 Å². The smallest absolute Gasteiger partial charge is 0.444 e. The van der Waals surface area contributed by atoms with Crippen LogP contribution in [0, 0.1) is 6.92 Å². The number of hydrogen-bond donors (Lipinski definition) is 0. The molecule has 0 unspecified atom stereocenters. The predicted molar refractivity (Wildman–Crippen MR) is 144 cm³/mol. The monoisotopic (exact) mass is 587 g/mol. The van der Waals surface area contributed by atoms with Gasteiger partial charge in [-0.2, -0.15) is 4.98 Å². The minimum atomic E-state index is -4.76. The summed E-state index contributed by atoms with van der Waals surface area (Å²) in [6.07, 6.45) is -5.08. The van der Waals surface area contributed by atoms with Crippen LogP contribution in [0.1, 0.15) is 53.6 Å². The van der Waals surface area contributed by atoms with Gasteiger partial charge in [-0.15, -0.1) is 13.2 Å². The minimum absolute atomic E-state index is 0.151. The minimum Gasteiger partial charge on any atom is -0.444 e. The van der Waals surface area contributed by atoms with Crippen LogP contribution >= 0.6 is 0 Å². The third-order valence-electron chi connectivity index (χ3n) is 6.91. The van der Waals surface area contributed by atoms with Gasteiger partial charge in [0.15, 0.2) is 5.82 Å². The van der Waals surface area contributed by atoms with Crippen LogP contribution in [0.15, 0.2) is 40.9 Å². The molecule has 0 saturated carbocycles. The summed E-state index contributed by atoms with van der Waals surface area (Å²) in [5.41, 5.74) is 3.01. The van der Waals surface area contributed by atoms with Crippen molar-refractivity contribution < 1.29 is 36.8 Å². The van der Waals surface area contributed by atoms with Crippen LogP contribution in [0.3, 0.4) is 0 Å². The Morgan fingerprint density at radius 1 is 1.02 bits per heavy atom. The highest BCUT2D eigenvalue weighted by molar-refractivity contribution is 6.00. The van der Waals surface area contributed by atoms with Crippen molar-refractivity contribution in [3.8, 4) is 17.2 Å². The van der Waals surface area contributed by atoms with Gasteiger partial charge in [-0.25, -0.2) is 4.79 Å². The molecule has 2 amide bonds. The Kier molecular flexibility index (Phi) is 7.88. The molecule has 0 spiro atoms. The second kappa shape index (κ2) is 11.3. The molecule has 0 bridgehead atoms. The Morgan fingerprint density at radius 3 is 2.36 bits per heavy atom. The first kappa shape index (κ1) is 29.4. The molecule has 1 saturated heterocycles. The summed E-state index contributed by atoms with van der Waals surface area (Å²) in [5, 5.41) is 4.14. The van der Waals surface area contributed by atoms with E-state index in [1.807, 2.05) is 39.8 Å². The van der Waals surface area contributed by atoms with E-state index in [-0.39, 0.29) is 24.3 Å². The zero-order valence-electron chi connectivity index (χ0n) is 23.8. The average molecular weight is 588 g/mol. The van der Waals surface area contributed by atoms with E-state index < -0.39 is 12.0 Å². The van der Waals surface area contributed by atoms with Crippen LogP contribution in [0.2, 0.25) is 0 Å². The number of aryl methyl sites for hydroxylation is 1. The van der Waals surface area contributed by atoms with E-state index in [0.717, 1.165) is 11.1 Å². The van der Waals surface area contributed by atoms with Crippen LogP contribution in [-0.2, 0) is 24.4 Å². The van der Waals surface area contributed by atoms with Crippen LogP contribution < -0.4 is 4.74 Å². The first-order valence-corrected chi connectivity index (χ1v) is 13.5. The van der Waals surface area contributed by atoms with Crippen LogP contribution in [0.5, 0.6) is 5.75 Å². The van der Waals surface area contributed by atoms with Crippen LogP contribution in [0.4, 0.5) is 18.0 Å². The topological polar surface area (TPSA) is 101 Å². The Bertz CT molecular complexity index is 1460. The number of nitrogens with zero attached hydrogens (tertiary/aromatic N) is 5. The summed E-state index contributed by atoms with van der Waals surface area (Å²) in [7, 11) is 0. The van der Waals surface area contributed by atoms with Crippen molar-refractivity contribution in [1.29, 1.82) is 0 Å². The summed E-state index contributed by atoms with van der Waals surface area (Å²) in [6.45, 7) is 10.8. The molecule has 10 nitrogen and oxygen atoms in total. The second-order valence-corrected chi connectivity index (χ2v) is 11.4. The number of piperazine rings is 1. The molecule has 2 aliphatic rings. The number of amides is 2. The van der Waals surface area contributed by atoms with Crippen molar-refractivity contribution in [1.82, 2.24) is 24.8 Å². The van der Waals surface area contributed by atoms with Gasteiger partial charge in [-0.05, 0) is 68.7 Å². The van der Waals surface area contributed by atoms with Gasteiger partial charge in [0, 0.05) is 50.4 Å². The van der Waals surface area contributed by atoms with E-state index in [2.05, 4.69) is 19.8 Å². The van der Waals surface area contributed by atoms with Gasteiger partial charge < -0.3 is 23.8 Å². The van der Waals surface area contributed by atoms with E-state index in [9.17, 15) is 22.8 Å². The fourth-order valence-electron chi connectivity index (χ4n) is 5.05. The highest BCUT2D eigenvalue weighted by atomic mass is 19.4. The highest BCUT2D eigenvalue weighted by Gasteiger charge is 2.32. The molecule has 3 heterocycles. The average Bonchev–Trinajstić information content (AvgIpc) is 3.48. The molecular formula is C29H32F3N5O5. The van der Waals surface area contributed by atoms with Crippen LogP contribution in [-0.4, -0.2) is 75.0 Å². The molecule has 0 radical (unpaired) electrons. The number of carbonyl (C=O) groups is 2. The van der Waals surface area contributed by atoms with Gasteiger partial charge in [0.05, 0.1) is 6.54 Å². The van der Waals surface area contributed by atoms with Gasteiger partial charge in [0.2, 0.25) is 0 Å². The Morgan fingerprint density at radius 2 is 1.71 bits per heavy atom. The van der Waals surface area contributed by atoms with Gasteiger partial charge in [0.1, 0.15) is 11.4 Å². The van der Waals surface area contributed by atoms with Crippen molar-refractivity contribution in [2.75, 3.05) is 26.2 Å². The molecule has 2 aromatic carbocycles. The fourth-order valence-corrected chi connectivity index (χ4v) is 5.05. The lowest BCUT2D eigenvalue weighted by Gasteiger charge is -2.35. The van der Waals surface area contributed by atoms with Crippen molar-refractivity contribution in [3.05, 3.63) is 64.5 Å². The van der Waals surface area contributed by atoms with E-state index in [1.54, 1.807) is 9.80 Å². The molecular weight excluding hydrogens is 555 g/mol. The molecule has 0 atom stereocenters. The zero-order chi connectivity index (χ0) is 30.2. The van der Waals surface area contributed by atoms with Crippen molar-refractivity contribution in [3.63, 3.8) is 0 Å². The van der Waals surface area contributed by atoms with E-state index in [1.165, 1.54) is 24.3 Å². The van der Waals surface area contributed by atoms with Crippen molar-refractivity contribution >= 4 is 12.0 Å². The molecule has 3 aromatic rings. The maximum atomic E-state index is 13.1. The molecule has 1 aromatic heterocycles. The quantitative estimate of drug-likeness (QED) is 0.390. The summed E-state index contributed by atoms with van der Waals surface area (Å²) in [6, 6.07) is 9.17. The molecule has 42 heavy (non-hydrogen) atoms. The summed E-state index contributed by atoms with van der Waals surface area (Å²) in [4.78, 5) is 35.5. The fraction of sp³-hybridized carbons (Fsp3) is 0.448. The number of aromatic nitrogens is 2. The molecule has 224 valence electrons. The molecule has 0 N–H and O–H groups in total. The molecule has 1 fully saturated rings. The normalized spacial score (nSPS) is 16.1. The van der Waals surface area contributed by atoms with Gasteiger partial charge >= 0.3 is 12.5 Å². The first-order chi connectivity index (χ1) is 19.7. The summed E-state index contributed by atoms with van der Waals surface area (Å²) >= 11 is 0. The SMILES string of the molecule is Cc1cc(-c2nc(CN3CCN(C(=O)OC(C)(C)C)CC3)no2)cc2c1C(=O)N(Cc1ccc(OC(F)(F)F)cc1)C2. The van der Waals surface area contributed by atoms with Crippen molar-refractivity contribution in [2.45, 2.75) is 59.3 Å². The highest BCUT2D eigenvalue weighted by Crippen LogP contribution is 2.32. The first-order valence-electron chi connectivity index (χ1n) is 13.5. The van der Waals surface area contributed by atoms with Gasteiger partial charge in [-0.3, -0.25) is 9.69 Å². The maximum Gasteiger partial charge on any atom is 0.573 e. The second-order valence-electron chi connectivity index (χ2n) is 11.4. The Hall–Kier alpha value is -4.13. The van der Waals surface area contributed by atoms with Crippen molar-refractivity contribution in [2.24, 2.45) is 0 Å². The molecule has 2 aliphatic heterocycles. The number of hydrogen-bond acceptors (Lipinski definition) is 8. The lowest BCUT2D eigenvalue weighted by Crippen LogP contribution is -2.49. The third-order valence-corrected chi connectivity index (χ3v) is 6.91. The lowest BCUT2D eigenvalue weighted by atomic mass is 10.0. The number of fused-ring (bicyclic) bond motifs is 1. The van der Waals surface area contributed by atoms with Gasteiger partial charge in [-0.1, -0.05) is 17.3 Å².